The molecule has 0 radical (unpaired) electrons. The normalized spacial score (nSPS) is 13.3. The summed E-state index contributed by atoms with van der Waals surface area (Å²) < 4.78 is 10.5. The second kappa shape index (κ2) is 10.8. The largest absolute Gasteiger partial charge is 0.342 e. The van der Waals surface area contributed by atoms with Crippen molar-refractivity contribution in [2.75, 3.05) is 27.3 Å². The van der Waals surface area contributed by atoms with E-state index in [1.54, 1.807) is 0 Å². The van der Waals surface area contributed by atoms with Gasteiger partial charge in [-0.15, -0.1) is 0 Å². The van der Waals surface area contributed by atoms with Gasteiger partial charge >= 0.3 is 0 Å². The van der Waals surface area contributed by atoms with Gasteiger partial charge in [0.25, 0.3) is 11.8 Å². The highest BCUT2D eigenvalue weighted by atomic mass is 16.7. The Kier molecular flexibility index (Phi) is 9.86. The first-order chi connectivity index (χ1) is 12.3. The van der Waals surface area contributed by atoms with Gasteiger partial charge in [-0.1, -0.05) is 0 Å². The van der Waals surface area contributed by atoms with Gasteiger partial charge in [-0.2, -0.15) is 0 Å². The van der Waals surface area contributed by atoms with Crippen molar-refractivity contribution in [3.05, 3.63) is 0 Å². The molecule has 0 unspecified atom stereocenters. The Labute approximate surface area is 157 Å². The first-order valence-electron chi connectivity index (χ1n) is 8.06. The van der Waals surface area contributed by atoms with Crippen molar-refractivity contribution in [2.24, 2.45) is 0 Å². The molecule has 0 aliphatic heterocycles. The fourth-order valence-electron chi connectivity index (χ4n) is 1.77. The lowest BCUT2D eigenvalue weighted by Gasteiger charge is -2.26. The lowest BCUT2D eigenvalue weighted by molar-refractivity contribution is -0.213. The molecule has 0 aromatic heterocycles. The van der Waals surface area contributed by atoms with Gasteiger partial charge in [0.15, 0.2) is 5.79 Å². The molecule has 0 aromatic carbocycles. The molecule has 27 heavy (non-hydrogen) atoms. The molecule has 0 spiro atoms. The Hall–Kier alpha value is -2.28. The summed E-state index contributed by atoms with van der Waals surface area (Å²) in [7, 11) is 2.27. The van der Waals surface area contributed by atoms with Crippen LogP contribution in [-0.2, 0) is 28.7 Å². The molecule has 0 aromatic rings. The Morgan fingerprint density at radius 2 is 1.15 bits per heavy atom. The van der Waals surface area contributed by atoms with Crippen LogP contribution in [0.1, 0.15) is 27.7 Å². The summed E-state index contributed by atoms with van der Waals surface area (Å²) in [5.41, 5.74) is 0. The second-order valence-corrected chi connectivity index (χ2v) is 6.28. The van der Waals surface area contributed by atoms with E-state index in [2.05, 4.69) is 10.6 Å². The smallest absolute Gasteiger partial charge is 0.267 e. The number of hydrogen-bond acceptors (Lipinski definition) is 8. The Balaban J connectivity index is 4.33. The number of ether oxygens (including phenoxy) is 2. The molecule has 0 aliphatic rings. The first kappa shape index (κ1) is 24.7. The van der Waals surface area contributed by atoms with Crippen LogP contribution in [0, 0.1) is 0 Å². The van der Waals surface area contributed by atoms with E-state index in [4.69, 9.17) is 19.9 Å². The zero-order chi connectivity index (χ0) is 21.4. The minimum atomic E-state index is -1.31. The molecule has 0 fully saturated rings. The summed E-state index contributed by atoms with van der Waals surface area (Å²) in [4.78, 5) is 46.4. The van der Waals surface area contributed by atoms with Crippen LogP contribution in [0.4, 0.5) is 0 Å². The molecule has 0 rings (SSSR count). The average Bonchev–Trinajstić information content (AvgIpc) is 2.56. The summed E-state index contributed by atoms with van der Waals surface area (Å²) in [6.07, 6.45) is 0. The van der Waals surface area contributed by atoms with Crippen LogP contribution < -0.4 is 10.6 Å². The number of carbonyl (C=O) groups is 4. The maximum Gasteiger partial charge on any atom is 0.267 e. The van der Waals surface area contributed by atoms with E-state index in [1.807, 2.05) is 0 Å². The number of nitrogens with one attached hydrogen (secondary N) is 2. The zero-order valence-corrected chi connectivity index (χ0v) is 16.3. The fraction of sp³-hybridized carbons (Fsp3) is 0.733. The number of hydrogen-bond donors (Lipinski definition) is 4. The standard InChI is InChI=1S/C15H28N4O8/c1-9(13(22)18(5)24)16-11(20)7-26-15(3,4)27-8-12(21)17-10(2)14(23)19(6)25/h9-10,24-25H,7-8H2,1-6H3,(H,16,20)(H,17,21)/t9-,10-/m0/s1. The van der Waals surface area contributed by atoms with Crippen molar-refractivity contribution < 1.29 is 39.1 Å². The Morgan fingerprint density at radius 3 is 1.41 bits per heavy atom. The van der Waals surface area contributed by atoms with Gasteiger partial charge in [0, 0.05) is 14.1 Å². The molecule has 12 nitrogen and oxygen atoms in total. The van der Waals surface area contributed by atoms with Gasteiger partial charge in [-0.05, 0) is 27.7 Å². The van der Waals surface area contributed by atoms with E-state index in [9.17, 15) is 19.2 Å². The fourth-order valence-corrected chi connectivity index (χ4v) is 1.77. The monoisotopic (exact) mass is 392 g/mol. The van der Waals surface area contributed by atoms with Gasteiger partial charge in [0.05, 0.1) is 0 Å². The lowest BCUT2D eigenvalue weighted by Crippen LogP contribution is -2.47. The second-order valence-electron chi connectivity index (χ2n) is 6.28. The predicted molar refractivity (Wildman–Crippen MR) is 90.3 cm³/mol. The number of amides is 4. The topological polar surface area (TPSA) is 158 Å². The highest BCUT2D eigenvalue weighted by molar-refractivity contribution is 5.87. The molecule has 0 bridgehead atoms. The molecule has 0 saturated carbocycles. The number of nitrogens with zero attached hydrogens (tertiary/aromatic N) is 2. The average molecular weight is 392 g/mol. The molecule has 0 saturated heterocycles. The molecule has 156 valence electrons. The van der Waals surface area contributed by atoms with Crippen LogP contribution >= 0.6 is 0 Å². The maximum atomic E-state index is 11.8. The summed E-state index contributed by atoms with van der Waals surface area (Å²) in [6, 6.07) is -1.90. The molecule has 4 N–H and O–H groups in total. The van der Waals surface area contributed by atoms with Crippen molar-refractivity contribution in [1.82, 2.24) is 20.8 Å². The Morgan fingerprint density at radius 1 is 0.852 bits per heavy atom. The third kappa shape index (κ3) is 9.84. The number of carbonyl (C=O) groups excluding carboxylic acids is 4. The quantitative estimate of drug-likeness (QED) is 0.198. The molecule has 0 aliphatic carbocycles. The Bertz CT molecular complexity index is 504. The van der Waals surface area contributed by atoms with Gasteiger partial charge in [0.1, 0.15) is 25.3 Å². The predicted octanol–water partition coefficient (Wildman–Crippen LogP) is -1.54. The number of likely N-dealkylation sites (N-methyl/N-ethyl adjacent to an activating group) is 2. The zero-order valence-electron chi connectivity index (χ0n) is 16.3. The third-order valence-electron chi connectivity index (χ3n) is 3.24. The van der Waals surface area contributed by atoms with Crippen molar-refractivity contribution >= 4 is 23.6 Å². The van der Waals surface area contributed by atoms with Crippen LogP contribution in [-0.4, -0.2) is 89.3 Å². The van der Waals surface area contributed by atoms with Crippen LogP contribution in [0.2, 0.25) is 0 Å². The molecule has 12 heteroatoms. The highest BCUT2D eigenvalue weighted by Crippen LogP contribution is 2.10. The van der Waals surface area contributed by atoms with E-state index >= 15 is 0 Å². The molecule has 0 heterocycles. The van der Waals surface area contributed by atoms with Crippen LogP contribution in [0.15, 0.2) is 0 Å². The van der Waals surface area contributed by atoms with Crippen molar-refractivity contribution in [3.63, 3.8) is 0 Å². The number of hydroxylamine groups is 4. The van der Waals surface area contributed by atoms with E-state index in [0.29, 0.717) is 10.1 Å². The van der Waals surface area contributed by atoms with Gasteiger partial charge in [-0.25, -0.2) is 10.1 Å². The summed E-state index contributed by atoms with van der Waals surface area (Å²) in [5.74, 6) is -3.95. The minimum Gasteiger partial charge on any atom is -0.342 e. The van der Waals surface area contributed by atoms with Crippen molar-refractivity contribution in [1.29, 1.82) is 0 Å². The van der Waals surface area contributed by atoms with Gasteiger partial charge < -0.3 is 20.1 Å². The summed E-state index contributed by atoms with van der Waals surface area (Å²) in [6.45, 7) is 4.83. The molecule has 4 amide bonds. The highest BCUT2D eigenvalue weighted by Gasteiger charge is 2.25. The van der Waals surface area contributed by atoms with Crippen LogP contribution in [0.25, 0.3) is 0 Å². The lowest BCUT2D eigenvalue weighted by atomic mass is 10.3. The van der Waals surface area contributed by atoms with E-state index in [-0.39, 0.29) is 0 Å². The van der Waals surface area contributed by atoms with E-state index in [1.165, 1.54) is 27.7 Å². The summed E-state index contributed by atoms with van der Waals surface area (Å²) >= 11 is 0. The molecule has 2 atom stereocenters. The maximum absolute atomic E-state index is 11.8. The van der Waals surface area contributed by atoms with E-state index in [0.717, 1.165) is 14.1 Å². The van der Waals surface area contributed by atoms with Crippen molar-refractivity contribution in [3.8, 4) is 0 Å². The summed E-state index contributed by atoms with van der Waals surface area (Å²) in [5, 5.41) is 23.4. The first-order valence-corrected chi connectivity index (χ1v) is 8.06. The molecular weight excluding hydrogens is 364 g/mol. The SMILES string of the molecule is C[C@H](NC(=O)COC(C)(C)OCC(=O)N[C@@H](C)C(=O)N(C)O)C(=O)N(C)O. The van der Waals surface area contributed by atoms with Gasteiger partial charge in [0.2, 0.25) is 11.8 Å². The number of rotatable bonds is 10. The van der Waals surface area contributed by atoms with Crippen LogP contribution in [0.3, 0.4) is 0 Å². The van der Waals surface area contributed by atoms with Crippen LogP contribution in [0.5, 0.6) is 0 Å². The minimum absolute atomic E-state index is 0.359. The van der Waals surface area contributed by atoms with E-state index < -0.39 is 54.7 Å². The van der Waals surface area contributed by atoms with Crippen molar-refractivity contribution in [2.45, 2.75) is 45.6 Å². The molecular formula is C15H28N4O8. The van der Waals surface area contributed by atoms with Gasteiger partial charge in [-0.3, -0.25) is 29.6 Å². The third-order valence-corrected chi connectivity index (χ3v) is 3.24.